The van der Waals surface area contributed by atoms with Crippen molar-refractivity contribution in [3.63, 3.8) is 0 Å². The molecule has 0 aliphatic rings. The molecule has 96 valence electrons. The molecule has 2 rings (SSSR count). The van der Waals surface area contributed by atoms with Gasteiger partial charge in [-0.25, -0.2) is 0 Å². The smallest absolute Gasteiger partial charge is 0.195 e. The van der Waals surface area contributed by atoms with Gasteiger partial charge in [0, 0.05) is 25.8 Å². The van der Waals surface area contributed by atoms with Gasteiger partial charge in [-0.3, -0.25) is 0 Å². The summed E-state index contributed by atoms with van der Waals surface area (Å²) in [5, 5.41) is 0. The molecule has 6 heteroatoms. The van der Waals surface area contributed by atoms with Crippen molar-refractivity contribution in [1.82, 2.24) is 0 Å². The van der Waals surface area contributed by atoms with Crippen LogP contribution in [0.2, 0.25) is 0 Å². The minimum atomic E-state index is -3.72. The largest absolute Gasteiger partial charge is 0.317 e. The second-order valence-corrected chi connectivity index (χ2v) is 7.84. The summed E-state index contributed by atoms with van der Waals surface area (Å²) in [6, 6.07) is 18.7. The molecule has 18 heavy (non-hydrogen) atoms. The van der Waals surface area contributed by atoms with E-state index in [0.717, 1.165) is 4.47 Å². The van der Waals surface area contributed by atoms with E-state index in [1.165, 1.54) is 11.1 Å². The fraction of sp³-hybridized carbons (Fsp3) is 0. The molecule has 0 unspecified atom stereocenters. The lowest BCUT2D eigenvalue weighted by atomic mass is 10.1. The lowest BCUT2D eigenvalue weighted by molar-refractivity contribution is 0.621. The summed E-state index contributed by atoms with van der Waals surface area (Å²) in [6.07, 6.45) is 0. The van der Waals surface area contributed by atoms with Crippen molar-refractivity contribution in [2.75, 3.05) is 0 Å². The minimum absolute atomic E-state index is 1.12. The summed E-state index contributed by atoms with van der Waals surface area (Å²) in [7, 11) is 4.81. The quantitative estimate of drug-likeness (QED) is 0.676. The number of hydrogen-bond donors (Lipinski definition) is 0. The average molecular weight is 368 g/mol. The molecule has 0 bridgehead atoms. The third-order valence-electron chi connectivity index (χ3n) is 1.95. The third kappa shape index (κ3) is 7.01. The fourth-order valence-corrected chi connectivity index (χ4v) is 1.54. The summed E-state index contributed by atoms with van der Waals surface area (Å²) < 4.78 is 19.4. The van der Waals surface area contributed by atoms with Crippen molar-refractivity contribution in [2.45, 2.75) is 0 Å². The van der Waals surface area contributed by atoms with Crippen LogP contribution >= 0.6 is 37.3 Å². The maximum absolute atomic E-state index is 9.16. The van der Waals surface area contributed by atoms with E-state index in [4.69, 9.17) is 8.42 Å². The van der Waals surface area contributed by atoms with Crippen LogP contribution in [0, 0.1) is 0 Å². The summed E-state index contributed by atoms with van der Waals surface area (Å²) >= 11 is 3.42. The maximum Gasteiger partial charge on any atom is 0.317 e. The second kappa shape index (κ2) is 7.14. The van der Waals surface area contributed by atoms with E-state index in [-0.39, 0.29) is 0 Å². The Balaban J connectivity index is 0.000000280. The molecule has 0 atom stereocenters. The highest BCUT2D eigenvalue weighted by Gasteiger charge is 1.94. The van der Waals surface area contributed by atoms with Crippen LogP contribution < -0.4 is 0 Å². The Morgan fingerprint density at radius 3 is 1.61 bits per heavy atom. The predicted molar refractivity (Wildman–Crippen MR) is 80.2 cm³/mol. The van der Waals surface area contributed by atoms with Crippen LogP contribution in [0.3, 0.4) is 0 Å². The Morgan fingerprint density at radius 2 is 1.17 bits per heavy atom. The standard InChI is InChI=1S/C12H9Br.Cl2O2S/c13-12-8-6-11(7-9-12)10-4-2-1-3-5-10;1-5(2,3)4/h1-9H;. The van der Waals surface area contributed by atoms with Gasteiger partial charge in [0.2, 0.25) is 0 Å². The van der Waals surface area contributed by atoms with E-state index in [1.54, 1.807) is 0 Å². The van der Waals surface area contributed by atoms with Gasteiger partial charge in [0.1, 0.15) is 0 Å². The monoisotopic (exact) mass is 366 g/mol. The molecule has 0 radical (unpaired) electrons. The van der Waals surface area contributed by atoms with Gasteiger partial charge >= 0.3 is 8.26 Å². The molecule has 0 heterocycles. The van der Waals surface area contributed by atoms with Gasteiger partial charge in [-0.2, -0.15) is 8.42 Å². The normalized spacial score (nSPS) is 10.4. The van der Waals surface area contributed by atoms with Crippen LogP contribution in [0.15, 0.2) is 59.1 Å². The Bertz CT molecular complexity index is 575. The first-order chi connectivity index (χ1) is 8.36. The van der Waals surface area contributed by atoms with Crippen LogP contribution in [-0.2, 0) is 8.26 Å². The highest BCUT2D eigenvalue weighted by molar-refractivity contribution is 9.10. The van der Waals surface area contributed by atoms with Gasteiger partial charge in [0.05, 0.1) is 0 Å². The minimum Gasteiger partial charge on any atom is -0.195 e. The number of rotatable bonds is 1. The van der Waals surface area contributed by atoms with E-state index in [0.29, 0.717) is 0 Å². The van der Waals surface area contributed by atoms with Crippen LogP contribution in [0.25, 0.3) is 11.1 Å². The lowest BCUT2D eigenvalue weighted by Gasteiger charge is -2.00. The van der Waals surface area contributed by atoms with Gasteiger partial charge in [0.25, 0.3) is 0 Å². The molecular weight excluding hydrogens is 359 g/mol. The Labute approximate surface area is 124 Å². The van der Waals surface area contributed by atoms with Crippen LogP contribution in [0.1, 0.15) is 0 Å². The van der Waals surface area contributed by atoms with Crippen molar-refractivity contribution in [1.29, 1.82) is 0 Å². The van der Waals surface area contributed by atoms with Gasteiger partial charge in [-0.05, 0) is 23.3 Å². The highest BCUT2D eigenvalue weighted by atomic mass is 79.9. The van der Waals surface area contributed by atoms with Crippen molar-refractivity contribution in [3.05, 3.63) is 59.1 Å². The maximum atomic E-state index is 9.16. The Morgan fingerprint density at radius 1 is 0.778 bits per heavy atom. The molecule has 0 aliphatic carbocycles. The zero-order valence-electron chi connectivity index (χ0n) is 9.05. The molecule has 2 aromatic rings. The summed E-state index contributed by atoms with van der Waals surface area (Å²) in [4.78, 5) is 0. The SMILES string of the molecule is Brc1ccc(-c2ccccc2)cc1.O=S(=O)(Cl)Cl. The first-order valence-corrected chi connectivity index (χ1v) is 8.74. The van der Waals surface area contributed by atoms with Gasteiger partial charge < -0.3 is 0 Å². The van der Waals surface area contributed by atoms with Gasteiger partial charge in [0.15, 0.2) is 0 Å². The molecule has 0 aromatic heterocycles. The number of benzene rings is 2. The van der Waals surface area contributed by atoms with E-state index in [1.807, 2.05) is 6.07 Å². The van der Waals surface area contributed by atoms with Crippen molar-refractivity contribution < 1.29 is 8.42 Å². The molecular formula is C12H9BrCl2O2S. The average Bonchev–Trinajstić information content (AvgIpc) is 2.29. The number of halogens is 3. The molecule has 2 nitrogen and oxygen atoms in total. The van der Waals surface area contributed by atoms with Crippen molar-refractivity contribution in [3.8, 4) is 11.1 Å². The summed E-state index contributed by atoms with van der Waals surface area (Å²) in [5.41, 5.74) is 2.51. The number of hydrogen-bond acceptors (Lipinski definition) is 2. The molecule has 0 aliphatic heterocycles. The van der Waals surface area contributed by atoms with Crippen LogP contribution in [0.5, 0.6) is 0 Å². The van der Waals surface area contributed by atoms with Crippen molar-refractivity contribution >= 4 is 45.6 Å². The van der Waals surface area contributed by atoms with Crippen molar-refractivity contribution in [2.24, 2.45) is 0 Å². The fourth-order valence-electron chi connectivity index (χ4n) is 1.27. The molecule has 0 N–H and O–H groups in total. The molecule has 0 amide bonds. The van der Waals surface area contributed by atoms with E-state index < -0.39 is 8.26 Å². The molecule has 2 aromatic carbocycles. The van der Waals surface area contributed by atoms with E-state index >= 15 is 0 Å². The van der Waals surface area contributed by atoms with E-state index in [2.05, 4.69) is 85.8 Å². The summed E-state index contributed by atoms with van der Waals surface area (Å²) in [5.74, 6) is 0. The van der Waals surface area contributed by atoms with Crippen LogP contribution in [-0.4, -0.2) is 8.42 Å². The zero-order chi connectivity index (χ0) is 13.6. The first-order valence-electron chi connectivity index (χ1n) is 4.81. The topological polar surface area (TPSA) is 34.1 Å². The molecule has 0 spiro atoms. The first kappa shape index (κ1) is 15.5. The zero-order valence-corrected chi connectivity index (χ0v) is 13.0. The third-order valence-corrected chi connectivity index (χ3v) is 2.48. The Hall–Kier alpha value is -0.550. The lowest BCUT2D eigenvalue weighted by Crippen LogP contribution is -1.75. The molecule has 0 saturated carbocycles. The van der Waals surface area contributed by atoms with E-state index in [9.17, 15) is 0 Å². The Kier molecular flexibility index (Phi) is 6.15. The van der Waals surface area contributed by atoms with Gasteiger partial charge in [-0.15, -0.1) is 0 Å². The molecule has 0 fully saturated rings. The summed E-state index contributed by atoms with van der Waals surface area (Å²) in [6.45, 7) is 0. The second-order valence-electron chi connectivity index (χ2n) is 3.25. The van der Waals surface area contributed by atoms with Crippen LogP contribution in [0.4, 0.5) is 0 Å². The van der Waals surface area contributed by atoms with Gasteiger partial charge in [-0.1, -0.05) is 58.4 Å². The predicted octanol–water partition coefficient (Wildman–Crippen LogP) is 4.82. The molecule has 0 saturated heterocycles. The highest BCUT2D eigenvalue weighted by Crippen LogP contribution is 2.20.